The molecule has 0 unspecified atom stereocenters. The van der Waals surface area contributed by atoms with Crippen molar-refractivity contribution in [3.63, 3.8) is 0 Å². The first-order valence-corrected chi connectivity index (χ1v) is 8.20. The Balaban J connectivity index is 1.81. The summed E-state index contributed by atoms with van der Waals surface area (Å²) in [5.41, 5.74) is 3.75. The van der Waals surface area contributed by atoms with Crippen LogP contribution in [0.25, 0.3) is 42.6 Å². The Kier molecular flexibility index (Phi) is 2.66. The molecule has 0 N–H and O–H groups in total. The first kappa shape index (κ1) is 12.7. The highest BCUT2D eigenvalue weighted by Crippen LogP contribution is 2.34. The Morgan fingerprint density at radius 2 is 1.70 bits per heavy atom. The number of hydrogen-bond acceptors (Lipinski definition) is 4. The highest BCUT2D eigenvalue weighted by molar-refractivity contribution is 7.25. The third-order valence-corrected chi connectivity index (χ3v) is 5.10. The van der Waals surface area contributed by atoms with Crippen molar-refractivity contribution >= 4 is 42.7 Å². The van der Waals surface area contributed by atoms with Crippen LogP contribution in [0.4, 0.5) is 0 Å². The van der Waals surface area contributed by atoms with Gasteiger partial charge in [-0.1, -0.05) is 18.2 Å². The fourth-order valence-corrected chi connectivity index (χ4v) is 4.02. The van der Waals surface area contributed by atoms with Gasteiger partial charge in [0.2, 0.25) is 0 Å². The van der Waals surface area contributed by atoms with E-state index in [1.54, 1.807) is 17.5 Å². The van der Waals surface area contributed by atoms with E-state index in [4.69, 9.17) is 4.98 Å². The first-order chi connectivity index (χ1) is 11.4. The van der Waals surface area contributed by atoms with Gasteiger partial charge in [0.15, 0.2) is 0 Å². The Bertz CT molecular complexity index is 1170. The van der Waals surface area contributed by atoms with Crippen LogP contribution in [0.2, 0.25) is 0 Å². The zero-order valence-electron chi connectivity index (χ0n) is 12.1. The lowest BCUT2D eigenvalue weighted by molar-refractivity contribution is 1.32. The van der Waals surface area contributed by atoms with Crippen molar-refractivity contribution in [1.82, 2.24) is 15.0 Å². The maximum atomic E-state index is 4.88. The van der Waals surface area contributed by atoms with E-state index in [2.05, 4.69) is 46.4 Å². The topological polar surface area (TPSA) is 38.7 Å². The molecule has 0 amide bonds. The minimum atomic E-state index is 0.892. The Morgan fingerprint density at radius 3 is 2.70 bits per heavy atom. The number of thiophene rings is 1. The van der Waals surface area contributed by atoms with E-state index in [1.165, 1.54) is 15.5 Å². The van der Waals surface area contributed by atoms with Crippen LogP contribution in [0, 0.1) is 0 Å². The standard InChI is InChI=1S/C19H11N3S/c1-2-6-17-12(4-1)13-7-8-15(22-19(13)23-17)14-9-11-20-16-5-3-10-21-18(14)16/h1-11H. The van der Waals surface area contributed by atoms with Gasteiger partial charge in [0, 0.05) is 33.4 Å². The van der Waals surface area contributed by atoms with E-state index in [0.717, 1.165) is 27.1 Å². The van der Waals surface area contributed by atoms with Gasteiger partial charge in [-0.25, -0.2) is 4.98 Å². The van der Waals surface area contributed by atoms with Crippen LogP contribution in [0.5, 0.6) is 0 Å². The summed E-state index contributed by atoms with van der Waals surface area (Å²) in [4.78, 5) is 14.8. The zero-order valence-corrected chi connectivity index (χ0v) is 12.9. The molecular formula is C19H11N3S. The van der Waals surface area contributed by atoms with Crippen molar-refractivity contribution in [3.05, 3.63) is 67.0 Å². The number of rotatable bonds is 1. The lowest BCUT2D eigenvalue weighted by Crippen LogP contribution is -1.89. The maximum Gasteiger partial charge on any atom is 0.125 e. The van der Waals surface area contributed by atoms with E-state index in [9.17, 15) is 0 Å². The van der Waals surface area contributed by atoms with Crippen molar-refractivity contribution in [1.29, 1.82) is 0 Å². The van der Waals surface area contributed by atoms with E-state index in [0.29, 0.717) is 0 Å². The molecule has 0 aliphatic heterocycles. The lowest BCUT2D eigenvalue weighted by Gasteiger charge is -2.04. The summed E-state index contributed by atoms with van der Waals surface area (Å²) < 4.78 is 1.27. The monoisotopic (exact) mass is 313 g/mol. The quantitative estimate of drug-likeness (QED) is 0.434. The molecule has 23 heavy (non-hydrogen) atoms. The zero-order chi connectivity index (χ0) is 15.2. The van der Waals surface area contributed by atoms with Gasteiger partial charge in [-0.05, 0) is 36.4 Å². The summed E-state index contributed by atoms with van der Waals surface area (Å²) in [5, 5.41) is 2.48. The fraction of sp³-hybridized carbons (Fsp3) is 0. The summed E-state index contributed by atoms with van der Waals surface area (Å²) in [5.74, 6) is 0. The third-order valence-electron chi connectivity index (χ3n) is 4.02. The van der Waals surface area contributed by atoms with Crippen molar-refractivity contribution in [3.8, 4) is 11.3 Å². The number of aromatic nitrogens is 3. The van der Waals surface area contributed by atoms with Crippen LogP contribution < -0.4 is 0 Å². The van der Waals surface area contributed by atoms with Crippen molar-refractivity contribution in [2.45, 2.75) is 0 Å². The largest absolute Gasteiger partial charge is 0.255 e. The SMILES string of the molecule is c1cnc2c(-c3ccc4c(n3)sc3ccccc34)ccnc2c1. The Morgan fingerprint density at radius 1 is 0.739 bits per heavy atom. The van der Waals surface area contributed by atoms with Gasteiger partial charge >= 0.3 is 0 Å². The summed E-state index contributed by atoms with van der Waals surface area (Å²) in [6.45, 7) is 0. The first-order valence-electron chi connectivity index (χ1n) is 7.38. The number of hydrogen-bond donors (Lipinski definition) is 0. The Hall–Kier alpha value is -2.85. The molecule has 5 rings (SSSR count). The second-order valence-electron chi connectivity index (χ2n) is 5.38. The van der Waals surface area contributed by atoms with Crippen LogP contribution in [0.1, 0.15) is 0 Å². The van der Waals surface area contributed by atoms with Crippen LogP contribution in [-0.2, 0) is 0 Å². The molecule has 0 radical (unpaired) electrons. The molecule has 0 spiro atoms. The number of benzene rings is 1. The molecule has 0 saturated heterocycles. The highest BCUT2D eigenvalue weighted by atomic mass is 32.1. The number of fused-ring (bicyclic) bond motifs is 4. The van der Waals surface area contributed by atoms with Crippen LogP contribution in [0.3, 0.4) is 0 Å². The molecular weight excluding hydrogens is 302 g/mol. The highest BCUT2D eigenvalue weighted by Gasteiger charge is 2.10. The van der Waals surface area contributed by atoms with Gasteiger partial charge in [0.1, 0.15) is 4.83 Å². The number of pyridine rings is 3. The average molecular weight is 313 g/mol. The van der Waals surface area contributed by atoms with Gasteiger partial charge in [-0.2, -0.15) is 0 Å². The van der Waals surface area contributed by atoms with Crippen LogP contribution >= 0.6 is 11.3 Å². The minimum Gasteiger partial charge on any atom is -0.255 e. The van der Waals surface area contributed by atoms with E-state index in [-0.39, 0.29) is 0 Å². The smallest absolute Gasteiger partial charge is 0.125 e. The van der Waals surface area contributed by atoms with E-state index in [1.807, 2.05) is 24.4 Å². The van der Waals surface area contributed by atoms with Crippen LogP contribution in [0.15, 0.2) is 67.0 Å². The predicted molar refractivity (Wildman–Crippen MR) is 95.7 cm³/mol. The van der Waals surface area contributed by atoms with Crippen molar-refractivity contribution in [2.24, 2.45) is 0 Å². The van der Waals surface area contributed by atoms with Gasteiger partial charge in [0.05, 0.1) is 16.7 Å². The summed E-state index contributed by atoms with van der Waals surface area (Å²) in [7, 11) is 0. The fourth-order valence-electron chi connectivity index (χ4n) is 2.94. The van der Waals surface area contributed by atoms with Gasteiger partial charge in [0.25, 0.3) is 0 Å². The second kappa shape index (κ2) is 4.83. The number of nitrogens with zero attached hydrogens (tertiary/aromatic N) is 3. The van der Waals surface area contributed by atoms with Crippen molar-refractivity contribution in [2.75, 3.05) is 0 Å². The van der Waals surface area contributed by atoms with Gasteiger partial charge in [-0.3, -0.25) is 9.97 Å². The molecule has 4 aromatic heterocycles. The molecule has 0 saturated carbocycles. The Labute approximate surface area is 136 Å². The molecule has 4 heterocycles. The normalized spacial score (nSPS) is 11.5. The summed E-state index contributed by atoms with van der Waals surface area (Å²) >= 11 is 1.73. The molecule has 0 aliphatic rings. The van der Waals surface area contributed by atoms with Crippen molar-refractivity contribution < 1.29 is 0 Å². The molecule has 108 valence electrons. The minimum absolute atomic E-state index is 0.892. The molecule has 0 fully saturated rings. The predicted octanol–water partition coefficient (Wildman–Crippen LogP) is 5.06. The van der Waals surface area contributed by atoms with Crippen LogP contribution in [-0.4, -0.2) is 15.0 Å². The summed E-state index contributed by atoms with van der Waals surface area (Å²) in [6.07, 6.45) is 3.61. The summed E-state index contributed by atoms with van der Waals surface area (Å²) in [6, 6.07) is 18.5. The molecule has 4 heteroatoms. The molecule has 0 bridgehead atoms. The van der Waals surface area contributed by atoms with Gasteiger partial charge < -0.3 is 0 Å². The lowest BCUT2D eigenvalue weighted by atomic mass is 10.1. The molecule has 0 aliphatic carbocycles. The molecule has 3 nitrogen and oxygen atoms in total. The maximum absolute atomic E-state index is 4.88. The average Bonchev–Trinajstić information content (AvgIpc) is 2.99. The molecule has 1 aromatic carbocycles. The van der Waals surface area contributed by atoms with E-state index < -0.39 is 0 Å². The molecule has 5 aromatic rings. The van der Waals surface area contributed by atoms with Gasteiger partial charge in [-0.15, -0.1) is 11.3 Å². The van der Waals surface area contributed by atoms with E-state index >= 15 is 0 Å². The third kappa shape index (κ3) is 1.92. The molecule has 0 atom stereocenters. The second-order valence-corrected chi connectivity index (χ2v) is 6.41.